The number of rotatable bonds is 7. The van der Waals surface area contributed by atoms with Crippen molar-refractivity contribution in [2.75, 3.05) is 20.1 Å². The van der Waals surface area contributed by atoms with Crippen LogP contribution in [-0.2, 0) is 0 Å². The summed E-state index contributed by atoms with van der Waals surface area (Å²) in [6, 6.07) is 7.26. The number of amides is 1. The maximum absolute atomic E-state index is 11.9. The van der Waals surface area contributed by atoms with Crippen LogP contribution >= 0.6 is 0 Å². The van der Waals surface area contributed by atoms with Crippen molar-refractivity contribution in [3.8, 4) is 5.75 Å². The van der Waals surface area contributed by atoms with Crippen molar-refractivity contribution >= 4 is 5.91 Å². The molecule has 0 unspecified atom stereocenters. The third kappa shape index (κ3) is 5.19. The van der Waals surface area contributed by atoms with Gasteiger partial charge >= 0.3 is 0 Å². The molecule has 0 aliphatic carbocycles. The fourth-order valence-corrected chi connectivity index (χ4v) is 1.55. The Hall–Kier alpha value is -1.55. The Morgan fingerprint density at radius 1 is 1.33 bits per heavy atom. The normalized spacial score (nSPS) is 10.4. The van der Waals surface area contributed by atoms with Gasteiger partial charge in [0.25, 0.3) is 5.91 Å². The second kappa shape index (κ2) is 7.71. The van der Waals surface area contributed by atoms with Crippen LogP contribution in [0.3, 0.4) is 0 Å². The minimum Gasteiger partial charge on any atom is -0.491 e. The highest BCUT2D eigenvalue weighted by atomic mass is 16.5. The van der Waals surface area contributed by atoms with E-state index >= 15 is 0 Å². The average Bonchev–Trinajstić information content (AvgIpc) is 2.34. The molecule has 0 aliphatic rings. The summed E-state index contributed by atoms with van der Waals surface area (Å²) < 4.78 is 5.56. The van der Waals surface area contributed by atoms with Crippen LogP contribution in [0.2, 0.25) is 0 Å². The number of nitrogens with one attached hydrogen (secondary N) is 2. The van der Waals surface area contributed by atoms with Gasteiger partial charge in [0.1, 0.15) is 5.75 Å². The molecule has 0 saturated heterocycles. The number of ether oxygens (including phenoxy) is 1. The lowest BCUT2D eigenvalue weighted by atomic mass is 10.2. The number of hydrogen-bond acceptors (Lipinski definition) is 3. The first kappa shape index (κ1) is 14.5. The standard InChI is InChI=1S/C14H22N2O2/c1-11(2)18-13-7-4-6-12(10-13)14(17)16-9-5-8-15-3/h4,6-7,10-11,15H,5,8-9H2,1-3H3,(H,16,17). The number of carbonyl (C=O) groups excluding carboxylic acids is 1. The molecule has 4 heteroatoms. The molecule has 2 N–H and O–H groups in total. The minimum absolute atomic E-state index is 0.0553. The molecule has 100 valence electrons. The minimum atomic E-state index is -0.0553. The molecule has 0 saturated carbocycles. The van der Waals surface area contributed by atoms with Crippen molar-refractivity contribution in [1.82, 2.24) is 10.6 Å². The van der Waals surface area contributed by atoms with Gasteiger partial charge in [-0.1, -0.05) is 6.07 Å². The quantitative estimate of drug-likeness (QED) is 0.726. The van der Waals surface area contributed by atoms with E-state index in [0.29, 0.717) is 12.1 Å². The number of carbonyl (C=O) groups is 1. The van der Waals surface area contributed by atoms with Crippen molar-refractivity contribution in [2.24, 2.45) is 0 Å². The van der Waals surface area contributed by atoms with Gasteiger partial charge in [0, 0.05) is 12.1 Å². The molecule has 0 bridgehead atoms. The Labute approximate surface area is 109 Å². The molecule has 1 aromatic carbocycles. The van der Waals surface area contributed by atoms with Crippen molar-refractivity contribution in [3.05, 3.63) is 29.8 Å². The highest BCUT2D eigenvalue weighted by Gasteiger charge is 2.06. The van der Waals surface area contributed by atoms with Crippen LogP contribution in [0.25, 0.3) is 0 Å². The topological polar surface area (TPSA) is 50.4 Å². The predicted octanol–water partition coefficient (Wildman–Crippen LogP) is 1.81. The molecular weight excluding hydrogens is 228 g/mol. The first-order valence-corrected chi connectivity index (χ1v) is 6.33. The first-order valence-electron chi connectivity index (χ1n) is 6.33. The lowest BCUT2D eigenvalue weighted by Gasteiger charge is -2.11. The Kier molecular flexibility index (Phi) is 6.22. The molecule has 0 fully saturated rings. The van der Waals surface area contributed by atoms with E-state index in [1.807, 2.05) is 33.0 Å². The molecule has 0 spiro atoms. The molecule has 0 atom stereocenters. The van der Waals surface area contributed by atoms with Gasteiger partial charge < -0.3 is 15.4 Å². The van der Waals surface area contributed by atoms with Crippen LogP contribution in [0.5, 0.6) is 5.75 Å². The van der Waals surface area contributed by atoms with E-state index in [9.17, 15) is 4.79 Å². The Bertz CT molecular complexity index is 378. The molecule has 0 aromatic heterocycles. The third-order valence-corrected chi connectivity index (χ3v) is 2.36. The molecule has 0 heterocycles. The van der Waals surface area contributed by atoms with Gasteiger partial charge in [-0.15, -0.1) is 0 Å². The largest absolute Gasteiger partial charge is 0.491 e. The maximum Gasteiger partial charge on any atom is 0.251 e. The zero-order chi connectivity index (χ0) is 13.4. The van der Waals surface area contributed by atoms with E-state index in [2.05, 4.69) is 10.6 Å². The highest BCUT2D eigenvalue weighted by Crippen LogP contribution is 2.14. The smallest absolute Gasteiger partial charge is 0.251 e. The lowest BCUT2D eigenvalue weighted by molar-refractivity contribution is 0.0952. The zero-order valence-corrected chi connectivity index (χ0v) is 11.3. The van der Waals surface area contributed by atoms with Gasteiger partial charge in [0.05, 0.1) is 6.10 Å². The first-order chi connectivity index (χ1) is 8.63. The molecule has 1 aromatic rings. The fourth-order valence-electron chi connectivity index (χ4n) is 1.55. The van der Waals surface area contributed by atoms with Crippen LogP contribution in [0.15, 0.2) is 24.3 Å². The van der Waals surface area contributed by atoms with Crippen LogP contribution < -0.4 is 15.4 Å². The van der Waals surface area contributed by atoms with Gasteiger partial charge in [-0.3, -0.25) is 4.79 Å². The Morgan fingerprint density at radius 2 is 2.11 bits per heavy atom. The zero-order valence-electron chi connectivity index (χ0n) is 11.3. The van der Waals surface area contributed by atoms with E-state index in [0.717, 1.165) is 18.7 Å². The summed E-state index contributed by atoms with van der Waals surface area (Å²) in [6.45, 7) is 5.50. The molecule has 0 radical (unpaired) electrons. The SMILES string of the molecule is CNCCCNC(=O)c1cccc(OC(C)C)c1. The highest BCUT2D eigenvalue weighted by molar-refractivity contribution is 5.94. The van der Waals surface area contributed by atoms with Crippen molar-refractivity contribution in [2.45, 2.75) is 26.4 Å². The number of benzene rings is 1. The van der Waals surface area contributed by atoms with Gasteiger partial charge in [-0.25, -0.2) is 0 Å². The molecule has 18 heavy (non-hydrogen) atoms. The van der Waals surface area contributed by atoms with E-state index < -0.39 is 0 Å². The van der Waals surface area contributed by atoms with Crippen molar-refractivity contribution in [3.63, 3.8) is 0 Å². The van der Waals surface area contributed by atoms with Gasteiger partial charge in [-0.2, -0.15) is 0 Å². The Morgan fingerprint density at radius 3 is 2.78 bits per heavy atom. The van der Waals surface area contributed by atoms with Gasteiger partial charge in [0.15, 0.2) is 0 Å². The molecular formula is C14H22N2O2. The monoisotopic (exact) mass is 250 g/mol. The summed E-state index contributed by atoms with van der Waals surface area (Å²) in [4.78, 5) is 11.9. The van der Waals surface area contributed by atoms with E-state index in [-0.39, 0.29) is 12.0 Å². The van der Waals surface area contributed by atoms with Crippen LogP contribution in [0, 0.1) is 0 Å². The summed E-state index contributed by atoms with van der Waals surface area (Å²) in [5.41, 5.74) is 0.637. The van der Waals surface area contributed by atoms with E-state index in [4.69, 9.17) is 4.74 Å². The van der Waals surface area contributed by atoms with Gasteiger partial charge in [0.2, 0.25) is 0 Å². The third-order valence-electron chi connectivity index (χ3n) is 2.36. The van der Waals surface area contributed by atoms with Crippen molar-refractivity contribution in [1.29, 1.82) is 0 Å². The fraction of sp³-hybridized carbons (Fsp3) is 0.500. The summed E-state index contributed by atoms with van der Waals surface area (Å²) >= 11 is 0. The summed E-state index contributed by atoms with van der Waals surface area (Å²) in [5, 5.41) is 5.92. The summed E-state index contributed by atoms with van der Waals surface area (Å²) in [5.74, 6) is 0.674. The average molecular weight is 250 g/mol. The molecule has 1 rings (SSSR count). The Balaban J connectivity index is 2.51. The van der Waals surface area contributed by atoms with Crippen molar-refractivity contribution < 1.29 is 9.53 Å². The second-order valence-corrected chi connectivity index (χ2v) is 4.41. The second-order valence-electron chi connectivity index (χ2n) is 4.41. The maximum atomic E-state index is 11.9. The lowest BCUT2D eigenvalue weighted by Crippen LogP contribution is -2.26. The molecule has 4 nitrogen and oxygen atoms in total. The van der Waals surface area contributed by atoms with Crippen LogP contribution in [0.1, 0.15) is 30.6 Å². The summed E-state index contributed by atoms with van der Waals surface area (Å²) in [7, 11) is 1.90. The van der Waals surface area contributed by atoms with E-state index in [1.165, 1.54) is 0 Å². The molecule has 1 amide bonds. The number of hydrogen-bond donors (Lipinski definition) is 2. The molecule has 0 aliphatic heterocycles. The van der Waals surface area contributed by atoms with Gasteiger partial charge in [-0.05, 0) is 52.1 Å². The summed E-state index contributed by atoms with van der Waals surface area (Å²) in [6.07, 6.45) is 1.03. The van der Waals surface area contributed by atoms with E-state index in [1.54, 1.807) is 12.1 Å². The van der Waals surface area contributed by atoms with Crippen LogP contribution in [0.4, 0.5) is 0 Å². The van der Waals surface area contributed by atoms with Crippen LogP contribution in [-0.4, -0.2) is 32.1 Å². The predicted molar refractivity (Wildman–Crippen MR) is 73.1 cm³/mol.